The number of hydrogen-bond donors (Lipinski definition) is 1. The fourth-order valence-corrected chi connectivity index (χ4v) is 3.45. The van der Waals surface area contributed by atoms with Crippen LogP contribution in [0.2, 0.25) is 0 Å². The lowest BCUT2D eigenvalue weighted by molar-refractivity contribution is 0.370. The molecule has 0 bridgehead atoms. The Hall–Kier alpha value is -1.10. The molecule has 2 heterocycles. The van der Waals surface area contributed by atoms with E-state index < -0.39 is 0 Å². The van der Waals surface area contributed by atoms with Crippen LogP contribution >= 0.6 is 11.3 Å². The van der Waals surface area contributed by atoms with Gasteiger partial charge in [-0.2, -0.15) is 0 Å². The minimum Gasteiger partial charge on any atom is -0.357 e. The largest absolute Gasteiger partial charge is 0.357 e. The van der Waals surface area contributed by atoms with Crippen LogP contribution in [0.15, 0.2) is 11.2 Å². The zero-order valence-electron chi connectivity index (χ0n) is 13.8. The highest BCUT2D eigenvalue weighted by atomic mass is 32.1. The molecule has 0 spiro atoms. The van der Waals surface area contributed by atoms with E-state index in [-0.39, 0.29) is 0 Å². The first kappa shape index (κ1) is 16.3. The summed E-state index contributed by atoms with van der Waals surface area (Å²) in [6, 6.07) is 0. The molecule has 118 valence electrons. The predicted octanol–water partition coefficient (Wildman–Crippen LogP) is 2.95. The molecule has 4 nitrogen and oxygen atoms in total. The fourth-order valence-electron chi connectivity index (χ4n) is 2.60. The van der Waals surface area contributed by atoms with Crippen molar-refractivity contribution in [1.82, 2.24) is 15.2 Å². The van der Waals surface area contributed by atoms with E-state index in [1.807, 2.05) is 17.5 Å². The van der Waals surface area contributed by atoms with Gasteiger partial charge in [0.05, 0.1) is 5.01 Å². The molecule has 1 aromatic rings. The second-order valence-electron chi connectivity index (χ2n) is 6.40. The van der Waals surface area contributed by atoms with Crippen molar-refractivity contribution in [2.75, 3.05) is 26.2 Å². The van der Waals surface area contributed by atoms with Crippen LogP contribution in [-0.4, -0.2) is 42.0 Å². The number of nitrogens with zero attached hydrogens (tertiary/aromatic N) is 3. The van der Waals surface area contributed by atoms with Crippen LogP contribution in [0.5, 0.6) is 0 Å². The van der Waals surface area contributed by atoms with Crippen molar-refractivity contribution in [1.29, 1.82) is 0 Å². The topological polar surface area (TPSA) is 40.5 Å². The lowest BCUT2D eigenvalue weighted by Gasteiger charge is -2.23. The predicted molar refractivity (Wildman–Crippen MR) is 91.1 cm³/mol. The van der Waals surface area contributed by atoms with Gasteiger partial charge in [0.2, 0.25) is 0 Å². The summed E-state index contributed by atoms with van der Waals surface area (Å²) in [6.07, 6.45) is 5.25. The van der Waals surface area contributed by atoms with Crippen molar-refractivity contribution in [3.05, 3.63) is 16.1 Å². The quantitative estimate of drug-likeness (QED) is 0.671. The Morgan fingerprint density at radius 3 is 2.86 bits per heavy atom. The maximum absolute atomic E-state index is 4.79. The normalized spacial score (nSPS) is 18.3. The molecule has 1 N–H and O–H groups in total. The van der Waals surface area contributed by atoms with Gasteiger partial charge in [0.1, 0.15) is 0 Å². The van der Waals surface area contributed by atoms with Crippen molar-refractivity contribution < 1.29 is 0 Å². The number of thiazole rings is 1. The molecule has 0 saturated carbocycles. The average Bonchev–Trinajstić information content (AvgIpc) is 3.04. The van der Waals surface area contributed by atoms with E-state index in [4.69, 9.17) is 4.99 Å². The third-order valence-electron chi connectivity index (χ3n) is 3.85. The summed E-state index contributed by atoms with van der Waals surface area (Å²) in [6.45, 7) is 12.9. The summed E-state index contributed by atoms with van der Waals surface area (Å²) < 4.78 is 0. The van der Waals surface area contributed by atoms with Crippen molar-refractivity contribution in [3.8, 4) is 0 Å². The molecule has 1 saturated heterocycles. The first-order chi connectivity index (χ1) is 10.0. The van der Waals surface area contributed by atoms with Crippen LogP contribution in [0.4, 0.5) is 0 Å². The number of aromatic nitrogens is 1. The zero-order valence-corrected chi connectivity index (χ0v) is 14.6. The van der Waals surface area contributed by atoms with Crippen molar-refractivity contribution in [2.24, 2.45) is 10.4 Å². The summed E-state index contributed by atoms with van der Waals surface area (Å²) in [5, 5.41) is 4.63. The second-order valence-corrected chi connectivity index (χ2v) is 7.60. The first-order valence-electron chi connectivity index (χ1n) is 8.01. The summed E-state index contributed by atoms with van der Waals surface area (Å²) in [5.41, 5.74) is 0.404. The summed E-state index contributed by atoms with van der Waals surface area (Å²) in [4.78, 5) is 13.0. The fraction of sp³-hybridized carbons (Fsp3) is 0.750. The van der Waals surface area contributed by atoms with Crippen LogP contribution in [-0.2, 0) is 12.8 Å². The molecule has 1 aromatic heterocycles. The van der Waals surface area contributed by atoms with Crippen molar-refractivity contribution >= 4 is 17.3 Å². The van der Waals surface area contributed by atoms with E-state index in [0.717, 1.165) is 45.0 Å². The standard InChI is InChI=1S/C16H28N4S/c1-5-13-11-19-14(21-13)7-9-18-15(17-6-2)20-10-8-16(3,4)12-20/h11H,5-10,12H2,1-4H3,(H,17,18). The summed E-state index contributed by atoms with van der Waals surface area (Å²) >= 11 is 1.82. The maximum Gasteiger partial charge on any atom is 0.193 e. The van der Waals surface area contributed by atoms with Gasteiger partial charge in [-0.15, -0.1) is 11.3 Å². The lowest BCUT2D eigenvalue weighted by Crippen LogP contribution is -2.40. The number of nitrogens with one attached hydrogen (secondary N) is 1. The molecule has 0 aliphatic carbocycles. The molecule has 2 rings (SSSR count). The Morgan fingerprint density at radius 2 is 2.29 bits per heavy atom. The second kappa shape index (κ2) is 7.25. The van der Waals surface area contributed by atoms with Gasteiger partial charge in [0, 0.05) is 43.7 Å². The zero-order chi connectivity index (χ0) is 15.3. The molecule has 0 atom stereocenters. The van der Waals surface area contributed by atoms with Gasteiger partial charge in [0.25, 0.3) is 0 Å². The number of hydrogen-bond acceptors (Lipinski definition) is 3. The Balaban J connectivity index is 1.91. The molecule has 21 heavy (non-hydrogen) atoms. The van der Waals surface area contributed by atoms with Crippen LogP contribution < -0.4 is 5.32 Å². The highest BCUT2D eigenvalue weighted by Gasteiger charge is 2.30. The van der Waals surface area contributed by atoms with Gasteiger partial charge in [-0.25, -0.2) is 4.98 Å². The first-order valence-corrected chi connectivity index (χ1v) is 8.82. The van der Waals surface area contributed by atoms with Crippen LogP contribution in [0.25, 0.3) is 0 Å². The number of aliphatic imine (C=N–C) groups is 1. The maximum atomic E-state index is 4.79. The highest BCUT2D eigenvalue weighted by Crippen LogP contribution is 2.28. The number of likely N-dealkylation sites (tertiary alicyclic amines) is 1. The summed E-state index contributed by atoms with van der Waals surface area (Å²) in [5.74, 6) is 1.07. The van der Waals surface area contributed by atoms with Gasteiger partial charge in [-0.3, -0.25) is 4.99 Å². The Bertz CT molecular complexity index is 478. The number of guanidine groups is 1. The minimum atomic E-state index is 0.404. The highest BCUT2D eigenvalue weighted by molar-refractivity contribution is 7.11. The van der Waals surface area contributed by atoms with Crippen LogP contribution in [0.1, 0.15) is 44.0 Å². The van der Waals surface area contributed by atoms with E-state index in [9.17, 15) is 0 Å². The smallest absolute Gasteiger partial charge is 0.193 e. The molecule has 0 unspecified atom stereocenters. The molecule has 5 heteroatoms. The van der Waals surface area contributed by atoms with Crippen molar-refractivity contribution in [3.63, 3.8) is 0 Å². The Morgan fingerprint density at radius 1 is 1.48 bits per heavy atom. The minimum absolute atomic E-state index is 0.404. The van der Waals surface area contributed by atoms with Gasteiger partial charge in [0.15, 0.2) is 5.96 Å². The third-order valence-corrected chi connectivity index (χ3v) is 5.05. The van der Waals surface area contributed by atoms with Gasteiger partial charge >= 0.3 is 0 Å². The molecular formula is C16H28N4S. The van der Waals surface area contributed by atoms with E-state index >= 15 is 0 Å². The third kappa shape index (κ3) is 4.70. The van der Waals surface area contributed by atoms with Gasteiger partial charge in [-0.05, 0) is 25.2 Å². The van der Waals surface area contributed by atoms with Crippen molar-refractivity contribution in [2.45, 2.75) is 47.0 Å². The lowest BCUT2D eigenvalue weighted by atomic mass is 9.93. The molecule has 0 aromatic carbocycles. The van der Waals surface area contributed by atoms with Gasteiger partial charge in [-0.1, -0.05) is 20.8 Å². The molecule has 1 aliphatic heterocycles. The van der Waals surface area contributed by atoms with E-state index in [0.29, 0.717) is 5.41 Å². The monoisotopic (exact) mass is 308 g/mol. The average molecular weight is 308 g/mol. The van der Waals surface area contributed by atoms with E-state index in [1.54, 1.807) is 0 Å². The molecular weight excluding hydrogens is 280 g/mol. The molecule has 0 amide bonds. The molecule has 1 aliphatic rings. The van der Waals surface area contributed by atoms with E-state index in [1.165, 1.54) is 16.3 Å². The van der Waals surface area contributed by atoms with Crippen LogP contribution in [0.3, 0.4) is 0 Å². The number of rotatable bonds is 5. The van der Waals surface area contributed by atoms with Crippen LogP contribution in [0, 0.1) is 5.41 Å². The van der Waals surface area contributed by atoms with Gasteiger partial charge < -0.3 is 10.2 Å². The summed E-state index contributed by atoms with van der Waals surface area (Å²) in [7, 11) is 0. The molecule has 0 radical (unpaired) electrons. The van der Waals surface area contributed by atoms with E-state index in [2.05, 4.69) is 42.9 Å². The molecule has 1 fully saturated rings. The number of aryl methyl sites for hydroxylation is 1. The SMILES string of the molecule is CCNC(=NCCc1ncc(CC)s1)N1CCC(C)(C)C1. The Kier molecular flexibility index (Phi) is 5.62. The Labute approximate surface area is 132 Å².